The van der Waals surface area contributed by atoms with Crippen LogP contribution in [0.15, 0.2) is 28.7 Å². The zero-order valence-electron chi connectivity index (χ0n) is 11.9. The second-order valence-corrected chi connectivity index (χ2v) is 6.66. The van der Waals surface area contributed by atoms with Crippen molar-refractivity contribution in [3.8, 4) is 0 Å². The summed E-state index contributed by atoms with van der Waals surface area (Å²) in [7, 11) is 0. The lowest BCUT2D eigenvalue weighted by atomic mass is 9.86. The third kappa shape index (κ3) is 4.59. The summed E-state index contributed by atoms with van der Waals surface area (Å²) < 4.78 is 7.19. The minimum atomic E-state index is -0.0303. The smallest absolute Gasteiger partial charge is 0.0709 e. The van der Waals surface area contributed by atoms with E-state index in [9.17, 15) is 0 Å². The van der Waals surface area contributed by atoms with Crippen molar-refractivity contribution in [2.24, 2.45) is 0 Å². The summed E-state index contributed by atoms with van der Waals surface area (Å²) in [5.74, 6) is 0. The van der Waals surface area contributed by atoms with Crippen LogP contribution in [0.4, 0.5) is 0 Å². The molecule has 2 nitrogen and oxygen atoms in total. The van der Waals surface area contributed by atoms with E-state index < -0.39 is 0 Å². The summed E-state index contributed by atoms with van der Waals surface area (Å²) in [4.78, 5) is 0. The van der Waals surface area contributed by atoms with Gasteiger partial charge < -0.3 is 10.1 Å². The predicted octanol–water partition coefficient (Wildman–Crippen LogP) is 3.93. The second kappa shape index (κ2) is 6.87. The van der Waals surface area contributed by atoms with Gasteiger partial charge >= 0.3 is 0 Å². The summed E-state index contributed by atoms with van der Waals surface area (Å²) in [5.41, 5.74) is 1.32. The Morgan fingerprint density at radius 3 is 2.79 bits per heavy atom. The molecule has 1 aliphatic rings. The highest BCUT2D eigenvalue weighted by Crippen LogP contribution is 2.29. The molecule has 0 aliphatic carbocycles. The van der Waals surface area contributed by atoms with Crippen LogP contribution in [0.25, 0.3) is 0 Å². The maximum Gasteiger partial charge on any atom is 0.0709 e. The van der Waals surface area contributed by atoms with Crippen molar-refractivity contribution < 1.29 is 4.74 Å². The monoisotopic (exact) mass is 325 g/mol. The van der Waals surface area contributed by atoms with E-state index in [2.05, 4.69) is 59.4 Å². The Morgan fingerprint density at radius 2 is 2.11 bits per heavy atom. The minimum Gasteiger partial charge on any atom is -0.375 e. The lowest BCUT2D eigenvalue weighted by Crippen LogP contribution is -2.46. The van der Waals surface area contributed by atoms with Gasteiger partial charge in [-0.1, -0.05) is 35.0 Å². The largest absolute Gasteiger partial charge is 0.375 e. The van der Waals surface area contributed by atoms with E-state index in [4.69, 9.17) is 4.74 Å². The molecule has 0 saturated carbocycles. The predicted molar refractivity (Wildman–Crippen MR) is 83.5 cm³/mol. The van der Waals surface area contributed by atoms with Crippen molar-refractivity contribution in [2.45, 2.75) is 51.2 Å². The van der Waals surface area contributed by atoms with E-state index in [1.54, 1.807) is 0 Å². The van der Waals surface area contributed by atoms with Crippen LogP contribution in [0.5, 0.6) is 0 Å². The SMILES string of the molecule is CCCNC1CCOC(C)(Cc2ccc(Br)cc2)C1. The van der Waals surface area contributed by atoms with Crippen molar-refractivity contribution in [1.29, 1.82) is 0 Å². The number of hydrogen-bond acceptors (Lipinski definition) is 2. The molecule has 0 spiro atoms. The van der Waals surface area contributed by atoms with Gasteiger partial charge in [-0.05, 0) is 50.4 Å². The Labute approximate surface area is 125 Å². The highest BCUT2D eigenvalue weighted by molar-refractivity contribution is 9.10. The van der Waals surface area contributed by atoms with E-state index in [0.29, 0.717) is 6.04 Å². The Morgan fingerprint density at radius 1 is 1.37 bits per heavy atom. The van der Waals surface area contributed by atoms with Gasteiger partial charge in [-0.15, -0.1) is 0 Å². The third-order valence-electron chi connectivity index (χ3n) is 3.77. The van der Waals surface area contributed by atoms with Crippen LogP contribution in [0.3, 0.4) is 0 Å². The van der Waals surface area contributed by atoms with Gasteiger partial charge in [0.05, 0.1) is 5.60 Å². The van der Waals surface area contributed by atoms with E-state index in [-0.39, 0.29) is 5.60 Å². The quantitative estimate of drug-likeness (QED) is 0.885. The van der Waals surface area contributed by atoms with Crippen molar-refractivity contribution in [3.05, 3.63) is 34.3 Å². The zero-order chi connectivity index (χ0) is 13.7. The fourth-order valence-corrected chi connectivity index (χ4v) is 3.07. The van der Waals surface area contributed by atoms with Crippen LogP contribution >= 0.6 is 15.9 Å². The molecule has 2 unspecified atom stereocenters. The lowest BCUT2D eigenvalue weighted by molar-refractivity contribution is -0.0752. The van der Waals surface area contributed by atoms with Crippen LogP contribution in [0.1, 0.15) is 38.7 Å². The third-order valence-corrected chi connectivity index (χ3v) is 4.30. The van der Waals surface area contributed by atoms with Crippen molar-refractivity contribution in [3.63, 3.8) is 0 Å². The lowest BCUT2D eigenvalue weighted by Gasteiger charge is -2.39. The van der Waals surface area contributed by atoms with E-state index >= 15 is 0 Å². The molecule has 19 heavy (non-hydrogen) atoms. The van der Waals surface area contributed by atoms with E-state index in [1.807, 2.05) is 0 Å². The summed E-state index contributed by atoms with van der Waals surface area (Å²) in [6.07, 6.45) is 4.42. The number of ether oxygens (including phenoxy) is 1. The number of nitrogens with one attached hydrogen (secondary N) is 1. The molecule has 1 fully saturated rings. The Hall–Kier alpha value is -0.380. The first-order valence-electron chi connectivity index (χ1n) is 7.23. The van der Waals surface area contributed by atoms with Gasteiger partial charge in [0.15, 0.2) is 0 Å². The molecule has 1 heterocycles. The molecule has 0 bridgehead atoms. The molecule has 1 aromatic rings. The molecule has 1 saturated heterocycles. The van der Waals surface area contributed by atoms with Crippen LogP contribution < -0.4 is 5.32 Å². The van der Waals surface area contributed by atoms with Crippen molar-refractivity contribution >= 4 is 15.9 Å². The molecule has 2 rings (SSSR count). The number of halogens is 1. The average Bonchev–Trinajstić information content (AvgIpc) is 2.39. The van der Waals surface area contributed by atoms with Gasteiger partial charge in [0.25, 0.3) is 0 Å². The molecule has 0 aromatic heterocycles. The van der Waals surface area contributed by atoms with Crippen LogP contribution in [-0.4, -0.2) is 24.8 Å². The second-order valence-electron chi connectivity index (χ2n) is 5.75. The summed E-state index contributed by atoms with van der Waals surface area (Å²) >= 11 is 3.48. The van der Waals surface area contributed by atoms with Gasteiger partial charge in [0, 0.05) is 23.5 Å². The first kappa shape index (κ1) is 15.0. The molecular weight excluding hydrogens is 302 g/mol. The Kier molecular flexibility index (Phi) is 5.43. The van der Waals surface area contributed by atoms with Gasteiger partial charge in [-0.25, -0.2) is 0 Å². The summed E-state index contributed by atoms with van der Waals surface area (Å²) in [6, 6.07) is 9.18. The minimum absolute atomic E-state index is 0.0303. The van der Waals surface area contributed by atoms with Crippen LogP contribution in [0.2, 0.25) is 0 Å². The molecular formula is C16H24BrNO. The highest BCUT2D eigenvalue weighted by Gasteiger charge is 2.33. The Bertz CT molecular complexity index is 392. The fourth-order valence-electron chi connectivity index (χ4n) is 2.81. The average molecular weight is 326 g/mol. The van der Waals surface area contributed by atoms with Crippen molar-refractivity contribution in [1.82, 2.24) is 5.32 Å². The topological polar surface area (TPSA) is 21.3 Å². The van der Waals surface area contributed by atoms with Crippen LogP contribution in [0, 0.1) is 0 Å². The number of hydrogen-bond donors (Lipinski definition) is 1. The highest BCUT2D eigenvalue weighted by atomic mass is 79.9. The van der Waals surface area contributed by atoms with Crippen LogP contribution in [-0.2, 0) is 11.2 Å². The molecule has 1 aliphatic heterocycles. The maximum absolute atomic E-state index is 6.06. The van der Waals surface area contributed by atoms with Gasteiger partial charge in [0.2, 0.25) is 0 Å². The van der Waals surface area contributed by atoms with E-state index in [0.717, 1.165) is 36.9 Å². The molecule has 0 amide bonds. The summed E-state index contributed by atoms with van der Waals surface area (Å²) in [6.45, 7) is 6.44. The number of benzene rings is 1. The normalized spacial score (nSPS) is 27.4. The summed E-state index contributed by atoms with van der Waals surface area (Å²) in [5, 5.41) is 3.63. The Balaban J connectivity index is 1.95. The molecule has 2 atom stereocenters. The van der Waals surface area contributed by atoms with Gasteiger partial charge in [-0.2, -0.15) is 0 Å². The van der Waals surface area contributed by atoms with E-state index in [1.165, 1.54) is 12.0 Å². The molecule has 1 N–H and O–H groups in total. The molecule has 3 heteroatoms. The molecule has 0 radical (unpaired) electrons. The van der Waals surface area contributed by atoms with Crippen molar-refractivity contribution in [2.75, 3.05) is 13.2 Å². The van der Waals surface area contributed by atoms with Gasteiger partial charge in [-0.3, -0.25) is 0 Å². The first-order chi connectivity index (χ1) is 9.11. The number of rotatable bonds is 5. The maximum atomic E-state index is 6.06. The van der Waals surface area contributed by atoms with Gasteiger partial charge in [0.1, 0.15) is 0 Å². The zero-order valence-corrected chi connectivity index (χ0v) is 13.5. The molecule has 1 aromatic carbocycles. The molecule has 106 valence electrons. The fraction of sp³-hybridized carbons (Fsp3) is 0.625. The standard InChI is InChI=1S/C16H24BrNO/c1-3-9-18-15-8-10-19-16(2,12-15)11-13-4-6-14(17)7-5-13/h4-7,15,18H,3,8-12H2,1-2H3. The first-order valence-corrected chi connectivity index (χ1v) is 8.02.